The Morgan fingerprint density at radius 3 is 1.67 bits per heavy atom. The highest BCUT2D eigenvalue weighted by atomic mass is 16.5. The molecule has 1 atom stereocenters. The first-order valence-corrected chi connectivity index (χ1v) is 8.91. The van der Waals surface area contributed by atoms with Gasteiger partial charge in [-0.25, -0.2) is 4.79 Å². The van der Waals surface area contributed by atoms with Gasteiger partial charge >= 0.3 is 5.97 Å². The fourth-order valence-corrected chi connectivity index (χ4v) is 3.09. The summed E-state index contributed by atoms with van der Waals surface area (Å²) in [5.74, 6) is -0.517. The van der Waals surface area contributed by atoms with Gasteiger partial charge < -0.3 is 4.74 Å². The number of hydrogen-bond acceptors (Lipinski definition) is 3. The molecule has 0 radical (unpaired) electrons. The Morgan fingerprint density at radius 2 is 1.15 bits per heavy atom. The smallest absolute Gasteiger partial charge is 0.338 e. The lowest BCUT2D eigenvalue weighted by molar-refractivity contribution is -0.00385. The minimum Gasteiger partial charge on any atom is -0.453 e. The van der Waals surface area contributed by atoms with Crippen LogP contribution in [0.2, 0.25) is 0 Å². The third kappa shape index (κ3) is 4.14. The van der Waals surface area contributed by atoms with Gasteiger partial charge in [0.25, 0.3) is 0 Å². The fraction of sp³-hybridized carbons (Fsp3) is 0.167. The Labute approximate surface area is 159 Å². The van der Waals surface area contributed by atoms with E-state index in [0.29, 0.717) is 11.1 Å². The molecular formula is C24H22O3. The van der Waals surface area contributed by atoms with E-state index in [1.165, 1.54) is 0 Å². The van der Waals surface area contributed by atoms with Gasteiger partial charge in [0.05, 0.1) is 11.0 Å². The molecule has 0 aromatic heterocycles. The highest BCUT2D eigenvalue weighted by Crippen LogP contribution is 2.40. The van der Waals surface area contributed by atoms with Gasteiger partial charge in [-0.05, 0) is 31.5 Å². The van der Waals surface area contributed by atoms with Crippen LogP contribution in [0.3, 0.4) is 0 Å². The van der Waals surface area contributed by atoms with Crippen LogP contribution in [0.1, 0.15) is 46.2 Å². The Bertz CT molecular complexity index is 900. The van der Waals surface area contributed by atoms with Gasteiger partial charge in [0, 0.05) is 5.56 Å². The van der Waals surface area contributed by atoms with Crippen molar-refractivity contribution in [3.63, 3.8) is 0 Å². The lowest BCUT2D eigenvalue weighted by Gasteiger charge is -2.33. The molecule has 0 fully saturated rings. The number of benzene rings is 3. The molecule has 0 unspecified atom stereocenters. The molecule has 0 N–H and O–H groups in total. The highest BCUT2D eigenvalue weighted by Gasteiger charge is 2.41. The predicted octanol–water partition coefficient (Wildman–Crippen LogP) is 5.49. The van der Waals surface area contributed by atoms with Crippen molar-refractivity contribution in [3.8, 4) is 0 Å². The summed E-state index contributed by atoms with van der Waals surface area (Å²) in [5.41, 5.74) is 0.907. The lowest BCUT2D eigenvalue weighted by atomic mass is 9.76. The summed E-state index contributed by atoms with van der Waals surface area (Å²) in [6, 6.07) is 27.3. The quantitative estimate of drug-likeness (QED) is 0.432. The molecule has 0 bridgehead atoms. The van der Waals surface area contributed by atoms with Crippen molar-refractivity contribution in [1.29, 1.82) is 0 Å². The summed E-state index contributed by atoms with van der Waals surface area (Å²) in [7, 11) is 0. The summed E-state index contributed by atoms with van der Waals surface area (Å²) in [4.78, 5) is 25.9. The number of ether oxygens (including phenoxy) is 1. The topological polar surface area (TPSA) is 43.4 Å². The van der Waals surface area contributed by atoms with Crippen molar-refractivity contribution in [1.82, 2.24) is 0 Å². The van der Waals surface area contributed by atoms with Crippen molar-refractivity contribution in [3.05, 3.63) is 108 Å². The van der Waals surface area contributed by atoms with Crippen LogP contribution in [0.5, 0.6) is 0 Å². The molecule has 3 rings (SSSR count). The van der Waals surface area contributed by atoms with E-state index >= 15 is 0 Å². The molecule has 0 spiro atoms. The molecule has 3 nitrogen and oxygen atoms in total. The minimum atomic E-state index is -0.937. The van der Waals surface area contributed by atoms with E-state index in [-0.39, 0.29) is 5.78 Å². The van der Waals surface area contributed by atoms with Crippen molar-refractivity contribution < 1.29 is 14.3 Å². The second-order valence-electron chi connectivity index (χ2n) is 6.98. The molecule has 0 heterocycles. The second-order valence-corrected chi connectivity index (χ2v) is 6.98. The molecule has 27 heavy (non-hydrogen) atoms. The first-order valence-electron chi connectivity index (χ1n) is 8.91. The summed E-state index contributed by atoms with van der Waals surface area (Å²) >= 11 is 0. The Morgan fingerprint density at radius 1 is 0.704 bits per heavy atom. The van der Waals surface area contributed by atoms with E-state index in [9.17, 15) is 9.59 Å². The van der Waals surface area contributed by atoms with Gasteiger partial charge in [-0.3, -0.25) is 4.79 Å². The van der Waals surface area contributed by atoms with Gasteiger partial charge in [0.1, 0.15) is 6.10 Å². The van der Waals surface area contributed by atoms with Gasteiger partial charge in [-0.15, -0.1) is 0 Å². The SMILES string of the molecule is CC(C)(C(=O)c1ccccc1)[C@H](OC(=O)c1ccccc1)c1ccccc1. The van der Waals surface area contributed by atoms with Gasteiger partial charge in [-0.2, -0.15) is 0 Å². The minimum absolute atomic E-state index is 0.0715. The van der Waals surface area contributed by atoms with Crippen LogP contribution in [-0.2, 0) is 4.74 Å². The van der Waals surface area contributed by atoms with Crippen LogP contribution < -0.4 is 0 Å². The van der Waals surface area contributed by atoms with Crippen molar-refractivity contribution in [2.24, 2.45) is 5.41 Å². The number of carbonyl (C=O) groups is 2. The molecule has 0 saturated carbocycles. The first kappa shape index (κ1) is 18.6. The summed E-state index contributed by atoms with van der Waals surface area (Å²) in [5, 5.41) is 0. The number of carbonyl (C=O) groups excluding carboxylic acids is 2. The van der Waals surface area contributed by atoms with Gasteiger partial charge in [0.2, 0.25) is 0 Å². The van der Waals surface area contributed by atoms with E-state index in [2.05, 4.69) is 0 Å². The zero-order chi connectivity index (χ0) is 19.3. The van der Waals surface area contributed by atoms with Crippen LogP contribution in [0.15, 0.2) is 91.0 Å². The third-order valence-electron chi connectivity index (χ3n) is 4.61. The highest BCUT2D eigenvalue weighted by molar-refractivity contribution is 6.01. The number of esters is 1. The molecule has 136 valence electrons. The maximum Gasteiger partial charge on any atom is 0.338 e. The maximum absolute atomic E-state index is 13.2. The van der Waals surface area contributed by atoms with Gasteiger partial charge in [0.15, 0.2) is 5.78 Å². The molecule has 0 aliphatic carbocycles. The zero-order valence-electron chi connectivity index (χ0n) is 15.5. The van der Waals surface area contributed by atoms with E-state index < -0.39 is 17.5 Å². The Kier molecular flexibility index (Phi) is 5.51. The van der Waals surface area contributed by atoms with Crippen LogP contribution >= 0.6 is 0 Å². The van der Waals surface area contributed by atoms with Crippen LogP contribution in [0.25, 0.3) is 0 Å². The van der Waals surface area contributed by atoms with E-state index in [1.807, 2.05) is 68.4 Å². The van der Waals surface area contributed by atoms with E-state index in [0.717, 1.165) is 5.56 Å². The van der Waals surface area contributed by atoms with Crippen molar-refractivity contribution in [2.45, 2.75) is 20.0 Å². The standard InChI is InChI=1S/C24H22O3/c1-24(2,21(25)18-12-6-3-7-13-18)22(19-14-8-4-9-15-19)27-23(26)20-16-10-5-11-17-20/h3-17,22H,1-2H3/t22-/m1/s1. The molecular weight excluding hydrogens is 336 g/mol. The summed E-state index contributed by atoms with van der Waals surface area (Å²) in [6.45, 7) is 3.64. The monoisotopic (exact) mass is 358 g/mol. The average Bonchev–Trinajstić information content (AvgIpc) is 2.73. The molecule has 0 amide bonds. The van der Waals surface area contributed by atoms with Crippen LogP contribution in [0.4, 0.5) is 0 Å². The van der Waals surface area contributed by atoms with Crippen LogP contribution in [0, 0.1) is 5.41 Å². The maximum atomic E-state index is 13.2. The summed E-state index contributed by atoms with van der Waals surface area (Å²) in [6.07, 6.45) is -0.709. The molecule has 3 aromatic carbocycles. The van der Waals surface area contributed by atoms with Gasteiger partial charge in [-0.1, -0.05) is 78.9 Å². The van der Waals surface area contributed by atoms with Crippen LogP contribution in [-0.4, -0.2) is 11.8 Å². The largest absolute Gasteiger partial charge is 0.453 e. The summed E-state index contributed by atoms with van der Waals surface area (Å²) < 4.78 is 5.87. The first-order chi connectivity index (χ1) is 13.0. The number of rotatable bonds is 6. The normalized spacial score (nSPS) is 12.2. The molecule has 3 aromatic rings. The van der Waals surface area contributed by atoms with Crippen molar-refractivity contribution >= 4 is 11.8 Å². The van der Waals surface area contributed by atoms with Crippen molar-refractivity contribution in [2.75, 3.05) is 0 Å². The lowest BCUT2D eigenvalue weighted by Crippen LogP contribution is -2.34. The third-order valence-corrected chi connectivity index (χ3v) is 4.61. The Balaban J connectivity index is 1.97. The average molecular weight is 358 g/mol. The number of hydrogen-bond donors (Lipinski definition) is 0. The molecule has 0 aliphatic rings. The number of Topliss-reactive ketones (excluding diaryl/α,β-unsaturated/α-hetero) is 1. The Hall–Kier alpha value is -3.20. The zero-order valence-corrected chi connectivity index (χ0v) is 15.5. The van der Waals surface area contributed by atoms with E-state index in [1.54, 1.807) is 36.4 Å². The predicted molar refractivity (Wildman–Crippen MR) is 106 cm³/mol. The molecule has 0 aliphatic heterocycles. The molecule has 0 saturated heterocycles. The number of ketones is 1. The fourth-order valence-electron chi connectivity index (χ4n) is 3.09. The second kappa shape index (κ2) is 8.00. The van der Waals surface area contributed by atoms with E-state index in [4.69, 9.17) is 4.74 Å². The molecule has 3 heteroatoms.